The highest BCUT2D eigenvalue weighted by atomic mass is 35.5. The lowest BCUT2D eigenvalue weighted by Crippen LogP contribution is -2.22. The van der Waals surface area contributed by atoms with Crippen molar-refractivity contribution in [3.8, 4) is 11.5 Å². The number of unbranched alkanes of at least 4 members (excludes halogenated alkanes) is 1. The second-order valence-electron chi connectivity index (χ2n) is 7.46. The molecule has 0 aliphatic heterocycles. The van der Waals surface area contributed by atoms with Gasteiger partial charge in [-0.3, -0.25) is 13.9 Å². The molecule has 0 aliphatic rings. The zero-order valence-corrected chi connectivity index (χ0v) is 19.7. The van der Waals surface area contributed by atoms with E-state index < -0.39 is 0 Å². The molecule has 3 rings (SSSR count). The Morgan fingerprint density at radius 1 is 0.938 bits per heavy atom. The first-order valence-electron chi connectivity index (χ1n) is 10.8. The fourth-order valence-electron chi connectivity index (χ4n) is 3.56. The molecule has 0 fully saturated rings. The molecule has 0 radical (unpaired) electrons. The maximum atomic E-state index is 12.5. The minimum Gasteiger partial charge on any atom is -0.490 e. The largest absolute Gasteiger partial charge is 0.490 e. The van der Waals surface area contributed by atoms with Gasteiger partial charge in [0, 0.05) is 32.6 Å². The lowest BCUT2D eigenvalue weighted by Gasteiger charge is -2.11. The van der Waals surface area contributed by atoms with Crippen molar-refractivity contribution in [3.63, 3.8) is 0 Å². The second-order valence-corrected chi connectivity index (χ2v) is 7.46. The number of hydrogen-bond acceptors (Lipinski definition) is 5. The Morgan fingerprint density at radius 3 is 2.34 bits per heavy atom. The van der Waals surface area contributed by atoms with Crippen LogP contribution in [0.5, 0.6) is 11.5 Å². The summed E-state index contributed by atoms with van der Waals surface area (Å²) in [5, 5.41) is 3.34. The molecule has 1 aromatic heterocycles. The molecule has 0 bridgehead atoms. The number of halogens is 1. The summed E-state index contributed by atoms with van der Waals surface area (Å²) < 4.78 is 14.5. The maximum Gasteiger partial charge on any atom is 0.328 e. The molecular formula is C24H32ClN3O4. The molecule has 1 N–H and O–H groups in total. The van der Waals surface area contributed by atoms with Crippen molar-refractivity contribution in [2.75, 3.05) is 26.3 Å². The Bertz CT molecular complexity index is 1090. The summed E-state index contributed by atoms with van der Waals surface area (Å²) in [6.07, 6.45) is 2.21. The van der Waals surface area contributed by atoms with Crippen LogP contribution in [0.3, 0.4) is 0 Å². The number of aromatic nitrogens is 2. The zero-order chi connectivity index (χ0) is 22.2. The predicted octanol–water partition coefficient (Wildman–Crippen LogP) is 3.72. The van der Waals surface area contributed by atoms with E-state index in [9.17, 15) is 9.59 Å². The molecule has 0 atom stereocenters. The van der Waals surface area contributed by atoms with Gasteiger partial charge in [-0.2, -0.15) is 0 Å². The quantitative estimate of drug-likeness (QED) is 0.328. The standard InChI is InChI=1S/C24H31N3O4.ClH/c1-4-30-22-10-5-6-11-23(22)31-16-15-25-14-8-7-9-21(28)18-12-13-19-20(17-18)27(3)24(29)26(19)2;/h5-6,10-13,17,25H,4,7-9,14-16H2,1-3H3;1H. The molecule has 0 saturated carbocycles. The fraction of sp³-hybridized carbons (Fsp3) is 0.417. The summed E-state index contributed by atoms with van der Waals surface area (Å²) in [6, 6.07) is 13.1. The van der Waals surface area contributed by atoms with Crippen LogP contribution < -0.4 is 20.5 Å². The van der Waals surface area contributed by atoms with E-state index >= 15 is 0 Å². The van der Waals surface area contributed by atoms with Crippen molar-refractivity contribution in [2.24, 2.45) is 14.1 Å². The molecule has 0 unspecified atom stereocenters. The Balaban J connectivity index is 0.00000363. The predicted molar refractivity (Wildman–Crippen MR) is 130 cm³/mol. The van der Waals surface area contributed by atoms with Crippen molar-refractivity contribution in [2.45, 2.75) is 26.2 Å². The number of benzene rings is 2. The van der Waals surface area contributed by atoms with Crippen LogP contribution in [0.2, 0.25) is 0 Å². The Kier molecular flexibility index (Phi) is 9.81. The van der Waals surface area contributed by atoms with Crippen LogP contribution in [0.25, 0.3) is 11.0 Å². The van der Waals surface area contributed by atoms with E-state index in [0.717, 1.165) is 48.5 Å². The van der Waals surface area contributed by atoms with E-state index in [4.69, 9.17) is 9.47 Å². The van der Waals surface area contributed by atoms with E-state index in [1.807, 2.05) is 43.3 Å². The number of nitrogens with one attached hydrogen (secondary N) is 1. The molecule has 0 aliphatic carbocycles. The summed E-state index contributed by atoms with van der Waals surface area (Å²) in [4.78, 5) is 24.6. The number of aryl methyl sites for hydroxylation is 2. The Hall–Kier alpha value is -2.77. The molecule has 174 valence electrons. The summed E-state index contributed by atoms with van der Waals surface area (Å²) in [6.45, 7) is 4.67. The van der Waals surface area contributed by atoms with Gasteiger partial charge >= 0.3 is 5.69 Å². The SMILES string of the molecule is CCOc1ccccc1OCCNCCCCC(=O)c1ccc2c(c1)n(C)c(=O)n2C.Cl. The molecule has 3 aromatic rings. The molecule has 8 heteroatoms. The number of Topliss-reactive ketones (excluding diaryl/α,β-unsaturated/α-hetero) is 1. The first kappa shape index (κ1) is 25.5. The Labute approximate surface area is 194 Å². The normalized spacial score (nSPS) is 10.7. The third-order valence-corrected chi connectivity index (χ3v) is 5.29. The van der Waals surface area contributed by atoms with Crippen LogP contribution in [0.15, 0.2) is 47.3 Å². The van der Waals surface area contributed by atoms with Crippen LogP contribution in [-0.2, 0) is 14.1 Å². The molecule has 0 amide bonds. The van der Waals surface area contributed by atoms with Gasteiger partial charge in [0.2, 0.25) is 0 Å². The van der Waals surface area contributed by atoms with Gasteiger partial charge in [0.25, 0.3) is 0 Å². The first-order chi connectivity index (χ1) is 15.0. The number of para-hydroxylation sites is 2. The summed E-state index contributed by atoms with van der Waals surface area (Å²) >= 11 is 0. The molecule has 0 spiro atoms. The highest BCUT2D eigenvalue weighted by Gasteiger charge is 2.12. The average molecular weight is 462 g/mol. The molecule has 1 heterocycles. The van der Waals surface area contributed by atoms with Crippen LogP contribution in [-0.4, -0.2) is 41.2 Å². The van der Waals surface area contributed by atoms with Crippen LogP contribution >= 0.6 is 12.4 Å². The smallest absolute Gasteiger partial charge is 0.328 e. The monoisotopic (exact) mass is 461 g/mol. The summed E-state index contributed by atoms with van der Waals surface area (Å²) in [5.74, 6) is 1.62. The van der Waals surface area contributed by atoms with Crippen molar-refractivity contribution >= 4 is 29.2 Å². The van der Waals surface area contributed by atoms with Gasteiger partial charge in [0.05, 0.1) is 17.6 Å². The van der Waals surface area contributed by atoms with Gasteiger partial charge in [0.15, 0.2) is 17.3 Å². The van der Waals surface area contributed by atoms with Crippen LogP contribution in [0, 0.1) is 0 Å². The molecule has 2 aromatic carbocycles. The number of imidazole rings is 1. The number of ether oxygens (including phenoxy) is 2. The zero-order valence-electron chi connectivity index (χ0n) is 18.9. The van der Waals surface area contributed by atoms with Gasteiger partial charge in [-0.1, -0.05) is 12.1 Å². The molecule has 32 heavy (non-hydrogen) atoms. The van der Waals surface area contributed by atoms with E-state index in [1.54, 1.807) is 29.3 Å². The van der Waals surface area contributed by atoms with Crippen molar-refractivity contribution in [1.29, 1.82) is 0 Å². The second kappa shape index (κ2) is 12.3. The lowest BCUT2D eigenvalue weighted by molar-refractivity contribution is 0.0979. The van der Waals surface area contributed by atoms with Crippen molar-refractivity contribution < 1.29 is 14.3 Å². The van der Waals surface area contributed by atoms with Gasteiger partial charge in [-0.15, -0.1) is 12.4 Å². The third kappa shape index (κ3) is 6.14. The summed E-state index contributed by atoms with van der Waals surface area (Å²) in [7, 11) is 3.46. The topological polar surface area (TPSA) is 74.5 Å². The number of nitrogens with zero attached hydrogens (tertiary/aromatic N) is 2. The van der Waals surface area contributed by atoms with E-state index in [1.165, 1.54) is 0 Å². The number of carbonyl (C=O) groups is 1. The maximum absolute atomic E-state index is 12.5. The highest BCUT2D eigenvalue weighted by Crippen LogP contribution is 2.26. The first-order valence-corrected chi connectivity index (χ1v) is 10.8. The number of carbonyl (C=O) groups excluding carboxylic acids is 1. The Morgan fingerprint density at radius 2 is 1.62 bits per heavy atom. The molecular weight excluding hydrogens is 430 g/mol. The number of rotatable bonds is 12. The van der Waals surface area contributed by atoms with Crippen LogP contribution in [0.1, 0.15) is 36.5 Å². The number of ketones is 1. The van der Waals surface area contributed by atoms with Crippen molar-refractivity contribution in [1.82, 2.24) is 14.5 Å². The number of hydrogen-bond donors (Lipinski definition) is 1. The summed E-state index contributed by atoms with van der Waals surface area (Å²) in [5.41, 5.74) is 2.18. The van der Waals surface area contributed by atoms with Crippen molar-refractivity contribution in [3.05, 3.63) is 58.5 Å². The fourth-order valence-corrected chi connectivity index (χ4v) is 3.56. The van der Waals surface area contributed by atoms with E-state index in [2.05, 4.69) is 5.32 Å². The third-order valence-electron chi connectivity index (χ3n) is 5.29. The minimum atomic E-state index is -0.0870. The van der Waals surface area contributed by atoms with Crippen LogP contribution in [0.4, 0.5) is 0 Å². The van der Waals surface area contributed by atoms with Gasteiger partial charge in [-0.05, 0) is 56.6 Å². The van der Waals surface area contributed by atoms with Gasteiger partial charge in [-0.25, -0.2) is 4.79 Å². The lowest BCUT2D eigenvalue weighted by atomic mass is 10.0. The van der Waals surface area contributed by atoms with E-state index in [-0.39, 0.29) is 23.9 Å². The molecule has 7 nitrogen and oxygen atoms in total. The van der Waals surface area contributed by atoms with E-state index in [0.29, 0.717) is 25.2 Å². The highest BCUT2D eigenvalue weighted by molar-refractivity contribution is 5.99. The minimum absolute atomic E-state index is 0. The number of fused-ring (bicyclic) bond motifs is 1. The molecule has 0 saturated heterocycles. The van der Waals surface area contributed by atoms with Gasteiger partial charge < -0.3 is 14.8 Å². The van der Waals surface area contributed by atoms with Gasteiger partial charge in [0.1, 0.15) is 6.61 Å². The average Bonchev–Trinajstić information content (AvgIpc) is 3.00.